The van der Waals surface area contributed by atoms with E-state index in [0.29, 0.717) is 0 Å². The van der Waals surface area contributed by atoms with Crippen LogP contribution in [0.4, 0.5) is 0 Å². The zero-order chi connectivity index (χ0) is 10.1. The third-order valence-electron chi connectivity index (χ3n) is 1.88. The first-order valence-corrected chi connectivity index (χ1v) is 4.45. The van der Waals surface area contributed by atoms with Gasteiger partial charge in [-0.3, -0.25) is 0 Å². The first-order chi connectivity index (χ1) is 6.29. The normalized spacial score (nSPS) is 8.15. The van der Waals surface area contributed by atoms with Crippen molar-refractivity contribution in [3.05, 3.63) is 35.4 Å². The SMILES string of the molecule is CCc1ccccc1CC.N=C=N. The van der Waals surface area contributed by atoms with Gasteiger partial charge in [0.05, 0.1) is 6.01 Å². The van der Waals surface area contributed by atoms with Gasteiger partial charge >= 0.3 is 0 Å². The number of benzene rings is 1. The number of aryl methyl sites for hydroxylation is 2. The van der Waals surface area contributed by atoms with E-state index in [4.69, 9.17) is 10.8 Å². The molecule has 1 rings (SSSR count). The maximum absolute atomic E-state index is 5.62. The van der Waals surface area contributed by atoms with Crippen LogP contribution < -0.4 is 0 Å². The van der Waals surface area contributed by atoms with Crippen LogP contribution in [0.15, 0.2) is 24.3 Å². The second kappa shape index (κ2) is 7.26. The van der Waals surface area contributed by atoms with E-state index in [9.17, 15) is 0 Å². The van der Waals surface area contributed by atoms with E-state index in [1.807, 2.05) is 0 Å². The third kappa shape index (κ3) is 4.24. The second-order valence-electron chi connectivity index (χ2n) is 2.60. The van der Waals surface area contributed by atoms with E-state index < -0.39 is 0 Å². The highest BCUT2D eigenvalue weighted by molar-refractivity contribution is 5.29. The van der Waals surface area contributed by atoms with Crippen molar-refractivity contribution in [2.45, 2.75) is 26.7 Å². The highest BCUT2D eigenvalue weighted by Gasteiger charge is 1.93. The monoisotopic (exact) mass is 176 g/mol. The molecule has 0 atom stereocenters. The predicted molar refractivity (Wildman–Crippen MR) is 55.6 cm³/mol. The molecule has 0 aliphatic rings. The molecule has 0 spiro atoms. The van der Waals surface area contributed by atoms with Crippen LogP contribution >= 0.6 is 0 Å². The molecule has 0 saturated carbocycles. The van der Waals surface area contributed by atoms with Crippen molar-refractivity contribution in [2.75, 3.05) is 0 Å². The topological polar surface area (TPSA) is 47.7 Å². The van der Waals surface area contributed by atoms with Gasteiger partial charge < -0.3 is 0 Å². The Labute approximate surface area is 79.6 Å². The highest BCUT2D eigenvalue weighted by Crippen LogP contribution is 2.08. The van der Waals surface area contributed by atoms with E-state index in [1.165, 1.54) is 17.1 Å². The highest BCUT2D eigenvalue weighted by atomic mass is 14.4. The molecule has 0 aromatic heterocycles. The summed E-state index contributed by atoms with van der Waals surface area (Å²) in [6, 6.07) is 9.88. The molecule has 13 heavy (non-hydrogen) atoms. The summed E-state index contributed by atoms with van der Waals surface area (Å²) in [5.41, 5.74) is 2.98. The molecule has 70 valence electrons. The minimum atomic E-state index is 1.16. The van der Waals surface area contributed by atoms with E-state index in [0.717, 1.165) is 12.8 Å². The summed E-state index contributed by atoms with van der Waals surface area (Å²) in [5.74, 6) is 0. The fourth-order valence-electron chi connectivity index (χ4n) is 1.25. The smallest absolute Gasteiger partial charge is 0.0831 e. The van der Waals surface area contributed by atoms with Crippen LogP contribution in [0.25, 0.3) is 0 Å². The van der Waals surface area contributed by atoms with Crippen LogP contribution in [0.3, 0.4) is 0 Å². The van der Waals surface area contributed by atoms with Gasteiger partial charge in [-0.1, -0.05) is 38.1 Å². The molecule has 0 aliphatic heterocycles. The largest absolute Gasteiger partial charge is 0.242 e. The van der Waals surface area contributed by atoms with E-state index in [-0.39, 0.29) is 0 Å². The Hall–Kier alpha value is -1.40. The lowest BCUT2D eigenvalue weighted by Gasteiger charge is -2.02. The van der Waals surface area contributed by atoms with E-state index >= 15 is 0 Å². The molecular weight excluding hydrogens is 160 g/mol. The van der Waals surface area contributed by atoms with Crippen LogP contribution in [0, 0.1) is 10.8 Å². The van der Waals surface area contributed by atoms with Crippen molar-refractivity contribution < 1.29 is 0 Å². The van der Waals surface area contributed by atoms with Crippen molar-refractivity contribution in [1.29, 1.82) is 10.8 Å². The molecule has 0 amide bonds. The van der Waals surface area contributed by atoms with Crippen molar-refractivity contribution >= 4 is 6.01 Å². The van der Waals surface area contributed by atoms with E-state index in [1.54, 1.807) is 0 Å². The van der Waals surface area contributed by atoms with Crippen LogP contribution in [-0.2, 0) is 12.8 Å². The Morgan fingerprint density at radius 3 is 1.54 bits per heavy atom. The summed E-state index contributed by atoms with van der Waals surface area (Å²) in [6.07, 6.45) is 2.31. The second-order valence-corrected chi connectivity index (χ2v) is 2.60. The van der Waals surface area contributed by atoms with Crippen molar-refractivity contribution in [3.63, 3.8) is 0 Å². The lowest BCUT2D eigenvalue weighted by molar-refractivity contribution is 1.04. The molecule has 0 unspecified atom stereocenters. The fourth-order valence-corrected chi connectivity index (χ4v) is 1.25. The Balaban J connectivity index is 0.000000424. The van der Waals surface area contributed by atoms with Gasteiger partial charge in [-0.25, -0.2) is 10.8 Å². The Bertz CT molecular complexity index is 250. The standard InChI is InChI=1S/C10H14.CH2N2/c1-3-9-7-5-6-8-10(9)4-2;2-1-3/h5-8H,3-4H2,1-2H3;2-3H. The summed E-state index contributed by atoms with van der Waals surface area (Å²) < 4.78 is 0. The van der Waals surface area contributed by atoms with Gasteiger partial charge in [0.1, 0.15) is 0 Å². The molecule has 0 bridgehead atoms. The van der Waals surface area contributed by atoms with Crippen LogP contribution in [0.5, 0.6) is 0 Å². The molecule has 0 fully saturated rings. The van der Waals surface area contributed by atoms with Crippen molar-refractivity contribution in [1.82, 2.24) is 0 Å². The van der Waals surface area contributed by atoms with Gasteiger partial charge in [-0.2, -0.15) is 0 Å². The molecule has 2 nitrogen and oxygen atoms in total. The van der Waals surface area contributed by atoms with Gasteiger partial charge in [-0.05, 0) is 24.0 Å². The van der Waals surface area contributed by atoms with Crippen LogP contribution in [0.1, 0.15) is 25.0 Å². The van der Waals surface area contributed by atoms with Crippen molar-refractivity contribution in [3.8, 4) is 0 Å². The third-order valence-corrected chi connectivity index (χ3v) is 1.88. The van der Waals surface area contributed by atoms with Crippen LogP contribution in [-0.4, -0.2) is 6.01 Å². The van der Waals surface area contributed by atoms with Gasteiger partial charge in [0.15, 0.2) is 0 Å². The lowest BCUT2D eigenvalue weighted by atomic mass is 10.0. The summed E-state index contributed by atoms with van der Waals surface area (Å²) >= 11 is 0. The van der Waals surface area contributed by atoms with Gasteiger partial charge in [0.2, 0.25) is 0 Å². The number of hydrogen-bond donors (Lipinski definition) is 2. The zero-order valence-electron chi connectivity index (χ0n) is 8.22. The fraction of sp³-hybridized carbons (Fsp3) is 0.364. The number of nitrogens with one attached hydrogen (secondary N) is 2. The summed E-state index contributed by atoms with van der Waals surface area (Å²) in [7, 11) is 0. The summed E-state index contributed by atoms with van der Waals surface area (Å²) in [4.78, 5) is 0. The average Bonchev–Trinajstić information content (AvgIpc) is 2.19. The Kier molecular flexibility index (Phi) is 6.48. The lowest BCUT2D eigenvalue weighted by Crippen LogP contribution is -1.88. The van der Waals surface area contributed by atoms with Crippen LogP contribution in [0.2, 0.25) is 0 Å². The predicted octanol–water partition coefficient (Wildman–Crippen LogP) is 3.13. The Morgan fingerprint density at radius 2 is 1.31 bits per heavy atom. The molecule has 1 aromatic carbocycles. The van der Waals surface area contributed by atoms with E-state index in [2.05, 4.69) is 38.1 Å². The Morgan fingerprint density at radius 1 is 1.00 bits per heavy atom. The van der Waals surface area contributed by atoms with Gasteiger partial charge in [-0.15, -0.1) is 0 Å². The first-order valence-electron chi connectivity index (χ1n) is 4.45. The molecule has 1 aromatic rings. The molecule has 2 N–H and O–H groups in total. The maximum Gasteiger partial charge on any atom is 0.0831 e. The average molecular weight is 176 g/mol. The molecule has 0 heterocycles. The molecule has 2 heteroatoms. The molecule has 0 aliphatic carbocycles. The molecular formula is C11H16N2. The maximum atomic E-state index is 5.62. The van der Waals surface area contributed by atoms with Gasteiger partial charge in [0, 0.05) is 0 Å². The molecule has 0 saturated heterocycles. The quantitative estimate of drug-likeness (QED) is 0.650. The van der Waals surface area contributed by atoms with Gasteiger partial charge in [0.25, 0.3) is 0 Å². The minimum Gasteiger partial charge on any atom is -0.242 e. The zero-order valence-corrected chi connectivity index (χ0v) is 8.22. The molecule has 0 radical (unpaired) electrons. The van der Waals surface area contributed by atoms with Crippen molar-refractivity contribution in [2.24, 2.45) is 0 Å². The first kappa shape index (κ1) is 11.6. The number of rotatable bonds is 2. The number of hydrogen-bond acceptors (Lipinski definition) is 2. The summed E-state index contributed by atoms with van der Waals surface area (Å²) in [5, 5.41) is 11.2. The minimum absolute atomic E-state index is 1.16. The summed E-state index contributed by atoms with van der Waals surface area (Å²) in [6.45, 7) is 4.41.